The number of nitrogens with zero attached hydrogens (tertiary/aromatic N) is 4. The molecule has 0 unspecified atom stereocenters. The lowest BCUT2D eigenvalue weighted by molar-refractivity contribution is -0.135. The number of rotatable bonds is 5. The Morgan fingerprint density at radius 3 is 2.58 bits per heavy atom. The molecule has 8 nitrogen and oxygen atoms in total. The molecule has 6 rings (SSSR count). The number of hydrogen-bond acceptors (Lipinski definition) is 6. The van der Waals surface area contributed by atoms with E-state index < -0.39 is 0 Å². The Bertz CT molecular complexity index is 1570. The van der Waals surface area contributed by atoms with Crippen molar-refractivity contribution in [3.63, 3.8) is 0 Å². The fraction of sp³-hybridized carbons (Fsp3) is 0.387. The summed E-state index contributed by atoms with van der Waals surface area (Å²) in [5.41, 5.74) is 6.56. The monoisotopic (exact) mass is 558 g/mol. The van der Waals surface area contributed by atoms with Crippen molar-refractivity contribution >= 4 is 23.2 Å². The summed E-state index contributed by atoms with van der Waals surface area (Å²) in [5, 5.41) is 2.06. The van der Waals surface area contributed by atoms with Crippen molar-refractivity contribution in [2.75, 3.05) is 20.2 Å². The average Bonchev–Trinajstić information content (AvgIpc) is 3.70. The summed E-state index contributed by atoms with van der Waals surface area (Å²) in [4.78, 5) is 37.0. The van der Waals surface area contributed by atoms with Crippen LogP contribution in [0.4, 0.5) is 0 Å². The minimum absolute atomic E-state index is 0.00237. The Balaban J connectivity index is 1.66. The van der Waals surface area contributed by atoms with Gasteiger partial charge in [0.05, 0.1) is 24.6 Å². The van der Waals surface area contributed by atoms with Gasteiger partial charge in [-0.05, 0) is 49.4 Å². The summed E-state index contributed by atoms with van der Waals surface area (Å²) in [6, 6.07) is 8.29. The van der Waals surface area contributed by atoms with Crippen LogP contribution in [0.3, 0.4) is 0 Å². The van der Waals surface area contributed by atoms with E-state index in [0.717, 1.165) is 44.8 Å². The Morgan fingerprint density at radius 1 is 1.10 bits per heavy atom. The highest BCUT2D eigenvalue weighted by Gasteiger charge is 2.38. The average molecular weight is 559 g/mol. The summed E-state index contributed by atoms with van der Waals surface area (Å²) in [6.45, 7) is 10.0. The van der Waals surface area contributed by atoms with E-state index in [0.29, 0.717) is 43.5 Å². The van der Waals surface area contributed by atoms with Crippen molar-refractivity contribution < 1.29 is 18.7 Å². The van der Waals surface area contributed by atoms with E-state index in [1.165, 1.54) is 0 Å². The lowest BCUT2D eigenvalue weighted by atomic mass is 9.92. The fourth-order valence-corrected chi connectivity index (χ4v) is 6.81. The molecule has 0 saturated heterocycles. The molecule has 0 atom stereocenters. The topological polar surface area (TPSA) is 80.8 Å². The standard InChI is InChI=1S/C31H34N4O4S/c1-18(2)30(36)33-11-12-34(19(3)4)31(37)28-23(17-33)26(25-7-6-14-40-25)27-21-16-22(29-32-9-13-39-29)24(38-5)15-20(21)8-10-35(27)28/h6-7,9,13-16,18-19H,8,10-12,17H2,1-5H3. The predicted octanol–water partition coefficient (Wildman–Crippen LogP) is 5.95. The van der Waals surface area contributed by atoms with Crippen LogP contribution in [-0.4, -0.2) is 57.4 Å². The maximum atomic E-state index is 14.3. The Labute approximate surface area is 238 Å². The number of hydrogen-bond donors (Lipinski definition) is 0. The second kappa shape index (κ2) is 10.3. The molecule has 40 heavy (non-hydrogen) atoms. The van der Waals surface area contributed by atoms with Gasteiger partial charge in [0.15, 0.2) is 0 Å². The number of amides is 2. The summed E-state index contributed by atoms with van der Waals surface area (Å²) in [5.74, 6) is 1.17. The van der Waals surface area contributed by atoms with Gasteiger partial charge in [-0.2, -0.15) is 0 Å². The van der Waals surface area contributed by atoms with E-state index in [4.69, 9.17) is 9.15 Å². The molecule has 2 amide bonds. The summed E-state index contributed by atoms with van der Waals surface area (Å²) in [6.07, 6.45) is 3.93. The molecule has 0 radical (unpaired) electrons. The minimum Gasteiger partial charge on any atom is -0.496 e. The summed E-state index contributed by atoms with van der Waals surface area (Å²) >= 11 is 1.65. The predicted molar refractivity (Wildman–Crippen MR) is 155 cm³/mol. The third-order valence-corrected chi connectivity index (χ3v) is 8.82. The highest BCUT2D eigenvalue weighted by atomic mass is 32.1. The van der Waals surface area contributed by atoms with Crippen LogP contribution in [0.2, 0.25) is 0 Å². The Hall–Kier alpha value is -3.85. The van der Waals surface area contributed by atoms with Crippen LogP contribution in [0, 0.1) is 5.92 Å². The summed E-state index contributed by atoms with van der Waals surface area (Å²) in [7, 11) is 1.65. The number of fused-ring (bicyclic) bond motifs is 5. The molecular formula is C31H34N4O4S. The molecule has 2 aliphatic heterocycles. The van der Waals surface area contributed by atoms with Crippen molar-refractivity contribution in [2.24, 2.45) is 5.92 Å². The molecule has 9 heteroatoms. The SMILES string of the molecule is COc1cc2c(cc1-c1ncco1)-c1c(-c3cccs3)c3c(n1CC2)C(=O)N(C(C)C)CCN(C(=O)C(C)C)C3. The van der Waals surface area contributed by atoms with Gasteiger partial charge in [0.1, 0.15) is 17.7 Å². The van der Waals surface area contributed by atoms with E-state index in [1.807, 2.05) is 43.6 Å². The maximum absolute atomic E-state index is 14.3. The quantitative estimate of drug-likeness (QED) is 0.302. The molecular weight excluding hydrogens is 524 g/mol. The number of ether oxygens (including phenoxy) is 1. The number of carbonyl (C=O) groups is 2. The first-order chi connectivity index (χ1) is 19.3. The molecule has 2 aliphatic rings. The number of aromatic nitrogens is 2. The molecule has 208 valence electrons. The van der Waals surface area contributed by atoms with Crippen molar-refractivity contribution in [3.8, 4) is 38.9 Å². The van der Waals surface area contributed by atoms with Gasteiger partial charge in [0.25, 0.3) is 5.91 Å². The van der Waals surface area contributed by atoms with Crippen molar-refractivity contribution in [2.45, 2.75) is 53.2 Å². The van der Waals surface area contributed by atoms with Gasteiger partial charge in [0, 0.05) is 59.7 Å². The lowest BCUT2D eigenvalue weighted by Gasteiger charge is -2.35. The largest absolute Gasteiger partial charge is 0.496 e. The fourth-order valence-electron chi connectivity index (χ4n) is 6.02. The van der Waals surface area contributed by atoms with E-state index in [-0.39, 0.29) is 23.8 Å². The molecule has 0 saturated carbocycles. The Morgan fingerprint density at radius 2 is 1.93 bits per heavy atom. The third-order valence-electron chi connectivity index (χ3n) is 7.93. The van der Waals surface area contributed by atoms with E-state index in [2.05, 4.69) is 33.1 Å². The zero-order valence-corrected chi connectivity index (χ0v) is 24.4. The number of benzene rings is 1. The second-order valence-corrected chi connectivity index (χ2v) is 11.9. The number of carbonyl (C=O) groups excluding carboxylic acids is 2. The third kappa shape index (κ3) is 4.23. The van der Waals surface area contributed by atoms with Crippen LogP contribution in [-0.2, 0) is 24.3 Å². The molecule has 0 spiro atoms. The first kappa shape index (κ1) is 26.4. The van der Waals surface area contributed by atoms with E-state index in [9.17, 15) is 9.59 Å². The van der Waals surface area contributed by atoms with Crippen LogP contribution in [0.5, 0.6) is 5.75 Å². The van der Waals surface area contributed by atoms with Gasteiger partial charge in [0.2, 0.25) is 11.8 Å². The van der Waals surface area contributed by atoms with E-state index >= 15 is 0 Å². The van der Waals surface area contributed by atoms with Gasteiger partial charge in [-0.3, -0.25) is 9.59 Å². The molecule has 0 N–H and O–H groups in total. The van der Waals surface area contributed by atoms with E-state index in [1.54, 1.807) is 30.9 Å². The number of methoxy groups -OCH3 is 1. The second-order valence-electron chi connectivity index (χ2n) is 11.0. The molecule has 4 aromatic rings. The van der Waals surface area contributed by atoms with Crippen molar-refractivity contribution in [3.05, 3.63) is 58.9 Å². The Kier molecular flexibility index (Phi) is 6.78. The van der Waals surface area contributed by atoms with Gasteiger partial charge < -0.3 is 23.5 Å². The van der Waals surface area contributed by atoms with Crippen molar-refractivity contribution in [1.29, 1.82) is 0 Å². The van der Waals surface area contributed by atoms with Crippen LogP contribution in [0.25, 0.3) is 33.2 Å². The van der Waals surface area contributed by atoms with Gasteiger partial charge >= 0.3 is 0 Å². The zero-order chi connectivity index (χ0) is 28.1. The maximum Gasteiger partial charge on any atom is 0.271 e. The van der Waals surface area contributed by atoms with Gasteiger partial charge in [-0.15, -0.1) is 11.3 Å². The number of oxazole rings is 1. The van der Waals surface area contributed by atoms with Gasteiger partial charge in [-0.1, -0.05) is 19.9 Å². The number of aryl methyl sites for hydroxylation is 1. The zero-order valence-electron chi connectivity index (χ0n) is 23.6. The first-order valence-electron chi connectivity index (χ1n) is 13.8. The molecule has 5 heterocycles. The minimum atomic E-state index is -0.134. The van der Waals surface area contributed by atoms with Crippen LogP contribution < -0.4 is 4.74 Å². The molecule has 1 aromatic carbocycles. The molecule has 0 fully saturated rings. The molecule has 0 bridgehead atoms. The molecule has 0 aliphatic carbocycles. The lowest BCUT2D eigenvalue weighted by Crippen LogP contribution is -2.47. The van der Waals surface area contributed by atoms with Crippen LogP contribution in [0.15, 0.2) is 46.5 Å². The normalized spacial score (nSPS) is 15.1. The van der Waals surface area contributed by atoms with Crippen molar-refractivity contribution in [1.82, 2.24) is 19.4 Å². The highest BCUT2D eigenvalue weighted by molar-refractivity contribution is 7.13. The first-order valence-corrected chi connectivity index (χ1v) is 14.7. The highest BCUT2D eigenvalue weighted by Crippen LogP contribution is 2.48. The number of thiophene rings is 1. The summed E-state index contributed by atoms with van der Waals surface area (Å²) < 4.78 is 13.6. The van der Waals surface area contributed by atoms with Crippen LogP contribution in [0.1, 0.15) is 49.3 Å². The molecule has 3 aromatic heterocycles. The smallest absolute Gasteiger partial charge is 0.271 e. The van der Waals surface area contributed by atoms with Crippen LogP contribution >= 0.6 is 11.3 Å². The van der Waals surface area contributed by atoms with Gasteiger partial charge in [-0.25, -0.2) is 4.98 Å².